The molecule has 0 saturated carbocycles. The van der Waals surface area contributed by atoms with Crippen LogP contribution in [-0.4, -0.2) is 46.8 Å². The van der Waals surface area contributed by atoms with Crippen molar-refractivity contribution in [3.05, 3.63) is 27.4 Å². The summed E-state index contributed by atoms with van der Waals surface area (Å²) in [4.78, 5) is 24.6. The van der Waals surface area contributed by atoms with E-state index in [1.54, 1.807) is 6.07 Å². The molecular formula is C16H15BrF3N3O3. The number of nitrogens with zero attached hydrogens (tertiary/aromatic N) is 2. The van der Waals surface area contributed by atoms with Crippen molar-refractivity contribution < 1.29 is 27.5 Å². The van der Waals surface area contributed by atoms with Gasteiger partial charge >= 0.3 is 12.1 Å². The van der Waals surface area contributed by atoms with Gasteiger partial charge in [-0.3, -0.25) is 14.7 Å². The van der Waals surface area contributed by atoms with Gasteiger partial charge in [-0.2, -0.15) is 18.3 Å². The van der Waals surface area contributed by atoms with Crippen LogP contribution in [0.5, 0.6) is 0 Å². The number of hydrogen-bond acceptors (Lipinski definition) is 4. The van der Waals surface area contributed by atoms with Crippen LogP contribution in [0.15, 0.2) is 10.5 Å². The van der Waals surface area contributed by atoms with E-state index in [0.29, 0.717) is 33.1 Å². The summed E-state index contributed by atoms with van der Waals surface area (Å²) in [6.45, 7) is -1.50. The molecule has 0 spiro atoms. The third kappa shape index (κ3) is 3.69. The van der Waals surface area contributed by atoms with Crippen LogP contribution in [0.4, 0.5) is 13.2 Å². The lowest BCUT2D eigenvalue weighted by molar-refractivity contribution is -0.162. The molecule has 0 bridgehead atoms. The van der Waals surface area contributed by atoms with Crippen LogP contribution in [0.3, 0.4) is 0 Å². The van der Waals surface area contributed by atoms with Gasteiger partial charge < -0.3 is 9.64 Å². The van der Waals surface area contributed by atoms with Gasteiger partial charge in [-0.25, -0.2) is 0 Å². The first-order chi connectivity index (χ1) is 12.2. The summed E-state index contributed by atoms with van der Waals surface area (Å²) in [7, 11) is 1.25. The Morgan fingerprint density at radius 1 is 1.42 bits per heavy atom. The number of nitrogens with one attached hydrogen (secondary N) is 1. The normalized spacial score (nSPS) is 15.1. The Morgan fingerprint density at radius 3 is 2.81 bits per heavy atom. The third-order valence-electron chi connectivity index (χ3n) is 4.29. The summed E-state index contributed by atoms with van der Waals surface area (Å²) in [5.74, 6) is -1.05. The summed E-state index contributed by atoms with van der Waals surface area (Å²) in [5.41, 5.74) is 2.29. The highest BCUT2D eigenvalue weighted by atomic mass is 79.9. The number of alkyl halides is 3. The van der Waals surface area contributed by atoms with Gasteiger partial charge in [0.25, 0.3) is 0 Å². The maximum Gasteiger partial charge on any atom is 0.406 e. The van der Waals surface area contributed by atoms with Gasteiger partial charge in [-0.1, -0.05) is 0 Å². The van der Waals surface area contributed by atoms with Crippen LogP contribution in [-0.2, 0) is 33.7 Å². The van der Waals surface area contributed by atoms with Crippen LogP contribution in [0.25, 0.3) is 10.9 Å². The number of amides is 1. The molecule has 0 unspecified atom stereocenters. The minimum absolute atomic E-state index is 0.00872. The Hall–Kier alpha value is -2.10. The molecule has 1 amide bonds. The molecule has 1 aromatic carbocycles. The fraction of sp³-hybridized carbons (Fsp3) is 0.438. The average Bonchev–Trinajstić information content (AvgIpc) is 2.91. The number of ether oxygens (including phenoxy) is 1. The molecule has 1 aliphatic rings. The van der Waals surface area contributed by atoms with Gasteiger partial charge in [0.1, 0.15) is 12.1 Å². The number of rotatable bonds is 3. The summed E-state index contributed by atoms with van der Waals surface area (Å²) in [6.07, 6.45) is -4.27. The first-order valence-corrected chi connectivity index (χ1v) is 8.57. The number of halogens is 4. The average molecular weight is 434 g/mol. The van der Waals surface area contributed by atoms with E-state index in [1.807, 2.05) is 0 Å². The van der Waals surface area contributed by atoms with E-state index in [4.69, 9.17) is 0 Å². The number of carbonyl (C=O) groups is 2. The molecule has 140 valence electrons. The molecule has 0 atom stereocenters. The number of H-pyrrole nitrogens is 1. The largest absolute Gasteiger partial charge is 0.469 e. The van der Waals surface area contributed by atoms with Gasteiger partial charge in [-0.15, -0.1) is 0 Å². The number of aromatic amines is 1. The molecule has 0 saturated heterocycles. The molecule has 26 heavy (non-hydrogen) atoms. The Morgan fingerprint density at radius 2 is 2.15 bits per heavy atom. The lowest BCUT2D eigenvalue weighted by Gasteiger charge is -2.23. The first kappa shape index (κ1) is 18.7. The van der Waals surface area contributed by atoms with Crippen molar-refractivity contribution in [2.75, 3.05) is 13.7 Å². The Balaban J connectivity index is 2.11. The van der Waals surface area contributed by atoms with E-state index in [1.165, 1.54) is 7.11 Å². The predicted molar refractivity (Wildman–Crippen MR) is 89.3 cm³/mol. The monoisotopic (exact) mass is 433 g/mol. The molecule has 0 aliphatic carbocycles. The van der Waals surface area contributed by atoms with Crippen LogP contribution < -0.4 is 0 Å². The van der Waals surface area contributed by atoms with Crippen LogP contribution in [0.1, 0.15) is 23.2 Å². The van der Waals surface area contributed by atoms with Crippen molar-refractivity contribution in [2.24, 2.45) is 0 Å². The maximum atomic E-state index is 12.9. The number of benzene rings is 1. The second kappa shape index (κ2) is 6.90. The van der Waals surface area contributed by atoms with Gasteiger partial charge in [0, 0.05) is 22.8 Å². The van der Waals surface area contributed by atoms with E-state index >= 15 is 0 Å². The Labute approximate surface area is 154 Å². The Bertz CT molecular complexity index is 879. The molecule has 3 rings (SSSR count). The number of carbonyl (C=O) groups excluding carboxylic acids is 2. The van der Waals surface area contributed by atoms with Crippen LogP contribution in [0.2, 0.25) is 0 Å². The number of aryl methyl sites for hydroxylation is 1. The van der Waals surface area contributed by atoms with Crippen molar-refractivity contribution >= 4 is 38.7 Å². The fourth-order valence-electron chi connectivity index (χ4n) is 3.13. The highest BCUT2D eigenvalue weighted by Crippen LogP contribution is 2.35. The SMILES string of the molecule is COC(=O)Cc1[nH]nc2c(Br)cc3c(c12)CN(CC(F)(F)F)C(=O)CC3. The second-order valence-electron chi connectivity index (χ2n) is 6.04. The quantitative estimate of drug-likeness (QED) is 0.755. The van der Waals surface area contributed by atoms with Gasteiger partial charge in [0.05, 0.1) is 19.2 Å². The van der Waals surface area contributed by atoms with Crippen molar-refractivity contribution in [3.8, 4) is 0 Å². The lowest BCUT2D eigenvalue weighted by Crippen LogP contribution is -2.37. The summed E-state index contributed by atoms with van der Waals surface area (Å²) >= 11 is 3.40. The zero-order valence-corrected chi connectivity index (χ0v) is 15.3. The zero-order chi connectivity index (χ0) is 19.1. The smallest absolute Gasteiger partial charge is 0.406 e. The first-order valence-electron chi connectivity index (χ1n) is 7.78. The lowest BCUT2D eigenvalue weighted by atomic mass is 9.98. The summed E-state index contributed by atoms with van der Waals surface area (Å²) in [5, 5.41) is 7.47. The van der Waals surface area contributed by atoms with Gasteiger partial charge in [0.15, 0.2) is 0 Å². The van der Waals surface area contributed by atoms with E-state index in [0.717, 1.165) is 10.5 Å². The van der Waals surface area contributed by atoms with Crippen molar-refractivity contribution in [1.82, 2.24) is 15.1 Å². The molecular weight excluding hydrogens is 419 g/mol. The number of fused-ring (bicyclic) bond motifs is 3. The molecule has 1 N–H and O–H groups in total. The zero-order valence-electron chi connectivity index (χ0n) is 13.7. The van der Waals surface area contributed by atoms with Crippen molar-refractivity contribution in [1.29, 1.82) is 0 Å². The minimum atomic E-state index is -4.49. The summed E-state index contributed by atoms with van der Waals surface area (Å²) < 4.78 is 43.9. The molecule has 2 aromatic rings. The van der Waals surface area contributed by atoms with E-state index in [9.17, 15) is 22.8 Å². The molecule has 6 nitrogen and oxygen atoms in total. The molecule has 0 fully saturated rings. The molecule has 1 aliphatic heterocycles. The molecule has 2 heterocycles. The highest BCUT2D eigenvalue weighted by molar-refractivity contribution is 9.10. The van der Waals surface area contributed by atoms with Gasteiger partial charge in [0.2, 0.25) is 5.91 Å². The van der Waals surface area contributed by atoms with Crippen molar-refractivity contribution in [3.63, 3.8) is 0 Å². The number of esters is 1. The fourth-order valence-corrected chi connectivity index (χ4v) is 3.70. The second-order valence-corrected chi connectivity index (χ2v) is 6.89. The standard InChI is InChI=1S/C16H15BrF3N3O3/c1-26-13(25)5-11-14-9-6-23(7-16(18,19)20)12(24)3-2-8(9)4-10(17)15(14)22-21-11/h4H,2-3,5-7H2,1H3,(H,21,22). The summed E-state index contributed by atoms with van der Waals surface area (Å²) in [6, 6.07) is 1.77. The van der Waals surface area contributed by atoms with E-state index in [-0.39, 0.29) is 19.4 Å². The van der Waals surface area contributed by atoms with Crippen molar-refractivity contribution in [2.45, 2.75) is 32.0 Å². The number of methoxy groups -OCH3 is 1. The maximum absolute atomic E-state index is 12.9. The minimum Gasteiger partial charge on any atom is -0.469 e. The third-order valence-corrected chi connectivity index (χ3v) is 4.89. The molecule has 0 radical (unpaired) electrons. The number of aromatic nitrogens is 2. The van der Waals surface area contributed by atoms with E-state index in [2.05, 4.69) is 30.9 Å². The van der Waals surface area contributed by atoms with Crippen LogP contribution >= 0.6 is 15.9 Å². The number of hydrogen-bond donors (Lipinski definition) is 1. The van der Waals surface area contributed by atoms with Crippen LogP contribution in [0, 0.1) is 0 Å². The molecule has 10 heteroatoms. The topological polar surface area (TPSA) is 75.3 Å². The van der Waals surface area contributed by atoms with Gasteiger partial charge in [-0.05, 0) is 39.5 Å². The highest BCUT2D eigenvalue weighted by Gasteiger charge is 2.35. The predicted octanol–water partition coefficient (Wildman–Crippen LogP) is 2.88. The Kier molecular flexibility index (Phi) is 4.96. The molecule has 1 aromatic heterocycles. The van der Waals surface area contributed by atoms with E-state index < -0.39 is 24.6 Å².